The lowest BCUT2D eigenvalue weighted by Gasteiger charge is -2.23. The molecule has 1 nitrogen and oxygen atoms in total. The van der Waals surface area contributed by atoms with Gasteiger partial charge in [0, 0.05) is 23.8 Å². The van der Waals surface area contributed by atoms with Crippen LogP contribution in [0.2, 0.25) is 5.02 Å². The monoisotopic (exact) mass is 197 g/mol. The molecule has 0 aliphatic heterocycles. The maximum Gasteiger partial charge on any atom is 0.0455 e. The molecule has 1 aromatic rings. The topological polar surface area (TPSA) is 3.24 Å². The highest BCUT2D eigenvalue weighted by Crippen LogP contribution is 2.25. The Morgan fingerprint density at radius 3 is 2.38 bits per heavy atom. The van der Waals surface area contributed by atoms with Crippen LogP contribution in [0.1, 0.15) is 19.4 Å². The zero-order valence-corrected chi connectivity index (χ0v) is 9.23. The molecule has 1 aromatic carbocycles. The van der Waals surface area contributed by atoms with E-state index in [0.29, 0.717) is 0 Å². The molecule has 0 saturated carbocycles. The first-order valence-corrected chi connectivity index (χ1v) is 5.08. The van der Waals surface area contributed by atoms with E-state index in [1.807, 2.05) is 12.1 Å². The highest BCUT2D eigenvalue weighted by molar-refractivity contribution is 6.31. The molecular weight excluding hydrogens is 182 g/mol. The lowest BCUT2D eigenvalue weighted by atomic mass is 10.2. The minimum Gasteiger partial charge on any atom is -0.372 e. The third-order valence-corrected chi connectivity index (χ3v) is 2.75. The van der Waals surface area contributed by atoms with Crippen LogP contribution < -0.4 is 4.90 Å². The Kier molecular flexibility index (Phi) is 3.61. The van der Waals surface area contributed by atoms with Gasteiger partial charge in [-0.2, -0.15) is 0 Å². The molecule has 0 amide bonds. The highest BCUT2D eigenvalue weighted by Gasteiger charge is 2.06. The first-order chi connectivity index (χ1) is 6.20. The minimum atomic E-state index is 0.851. The van der Waals surface area contributed by atoms with Gasteiger partial charge in [0.25, 0.3) is 0 Å². The Labute approximate surface area is 85.3 Å². The zero-order valence-electron chi connectivity index (χ0n) is 8.47. The smallest absolute Gasteiger partial charge is 0.0455 e. The van der Waals surface area contributed by atoms with E-state index < -0.39 is 0 Å². The van der Waals surface area contributed by atoms with Gasteiger partial charge in [-0.05, 0) is 38.5 Å². The van der Waals surface area contributed by atoms with E-state index in [0.717, 1.165) is 18.1 Å². The van der Waals surface area contributed by atoms with Crippen LogP contribution in [0.5, 0.6) is 0 Å². The van der Waals surface area contributed by atoms with Gasteiger partial charge in [-0.15, -0.1) is 0 Å². The summed E-state index contributed by atoms with van der Waals surface area (Å²) in [7, 11) is 0. The lowest BCUT2D eigenvalue weighted by Crippen LogP contribution is -2.22. The fourth-order valence-electron chi connectivity index (χ4n) is 1.50. The summed E-state index contributed by atoms with van der Waals surface area (Å²) in [6.45, 7) is 8.43. The highest BCUT2D eigenvalue weighted by atomic mass is 35.5. The van der Waals surface area contributed by atoms with Gasteiger partial charge in [-0.25, -0.2) is 0 Å². The largest absolute Gasteiger partial charge is 0.372 e. The summed E-state index contributed by atoms with van der Waals surface area (Å²) in [6.07, 6.45) is 0. The maximum absolute atomic E-state index is 6.05. The molecule has 1 rings (SSSR count). The van der Waals surface area contributed by atoms with Crippen molar-refractivity contribution in [3.05, 3.63) is 28.8 Å². The van der Waals surface area contributed by atoms with E-state index in [9.17, 15) is 0 Å². The summed E-state index contributed by atoms with van der Waals surface area (Å²) in [4.78, 5) is 2.31. The molecule has 0 radical (unpaired) electrons. The van der Waals surface area contributed by atoms with Crippen molar-refractivity contribution in [3.63, 3.8) is 0 Å². The molecule has 0 aromatic heterocycles. The molecule has 72 valence electrons. The molecule has 0 aliphatic carbocycles. The van der Waals surface area contributed by atoms with Crippen molar-refractivity contribution >= 4 is 17.3 Å². The van der Waals surface area contributed by atoms with Crippen molar-refractivity contribution in [1.29, 1.82) is 0 Å². The van der Waals surface area contributed by atoms with Crippen LogP contribution in [-0.4, -0.2) is 13.1 Å². The average Bonchev–Trinajstić information content (AvgIpc) is 2.14. The fraction of sp³-hybridized carbons (Fsp3) is 0.455. The zero-order chi connectivity index (χ0) is 9.84. The van der Waals surface area contributed by atoms with E-state index in [2.05, 4.69) is 31.7 Å². The molecule has 0 atom stereocenters. The van der Waals surface area contributed by atoms with Crippen LogP contribution in [0.4, 0.5) is 5.69 Å². The average molecular weight is 198 g/mol. The second-order valence-electron chi connectivity index (χ2n) is 3.06. The second-order valence-corrected chi connectivity index (χ2v) is 3.46. The second kappa shape index (κ2) is 4.52. The normalized spacial score (nSPS) is 10.2. The number of halogens is 1. The first kappa shape index (κ1) is 10.4. The van der Waals surface area contributed by atoms with Crippen molar-refractivity contribution in [2.24, 2.45) is 0 Å². The van der Waals surface area contributed by atoms with Crippen LogP contribution in [0, 0.1) is 6.92 Å². The van der Waals surface area contributed by atoms with Crippen LogP contribution in [0.25, 0.3) is 0 Å². The molecule has 0 heterocycles. The molecule has 0 aliphatic rings. The Bertz CT molecular complexity index is 279. The summed E-state index contributed by atoms with van der Waals surface area (Å²) in [6, 6.07) is 6.06. The molecule has 0 spiro atoms. The number of hydrogen-bond donors (Lipinski definition) is 0. The lowest BCUT2D eigenvalue weighted by molar-refractivity contribution is 0.862. The van der Waals surface area contributed by atoms with Gasteiger partial charge in [-0.1, -0.05) is 17.7 Å². The Balaban J connectivity index is 3.05. The van der Waals surface area contributed by atoms with Crippen LogP contribution in [0.3, 0.4) is 0 Å². The molecule has 0 saturated heterocycles. The number of nitrogens with zero attached hydrogens (tertiary/aromatic N) is 1. The third kappa shape index (κ3) is 2.16. The van der Waals surface area contributed by atoms with Gasteiger partial charge in [-0.3, -0.25) is 0 Å². The summed E-state index contributed by atoms with van der Waals surface area (Å²) in [5.74, 6) is 0. The van der Waals surface area contributed by atoms with Crippen molar-refractivity contribution in [1.82, 2.24) is 0 Å². The van der Waals surface area contributed by atoms with Crippen LogP contribution >= 0.6 is 11.6 Å². The summed E-state index contributed by atoms with van der Waals surface area (Å²) < 4.78 is 0. The van der Waals surface area contributed by atoms with E-state index in [4.69, 9.17) is 11.6 Å². The SMILES string of the molecule is CCN(CC)c1cccc(Cl)c1C. The van der Waals surface area contributed by atoms with Crippen LogP contribution in [0.15, 0.2) is 18.2 Å². The Hall–Kier alpha value is -0.690. The van der Waals surface area contributed by atoms with E-state index in [1.165, 1.54) is 11.3 Å². The summed E-state index contributed by atoms with van der Waals surface area (Å²) >= 11 is 6.05. The van der Waals surface area contributed by atoms with Crippen molar-refractivity contribution in [3.8, 4) is 0 Å². The molecule has 0 N–H and O–H groups in total. The standard InChI is InChI=1S/C11H16ClN/c1-4-13(5-2)11-8-6-7-10(12)9(11)3/h6-8H,4-5H2,1-3H3. The quantitative estimate of drug-likeness (QED) is 0.717. The van der Waals surface area contributed by atoms with Gasteiger partial charge < -0.3 is 4.90 Å². The van der Waals surface area contributed by atoms with Crippen LogP contribution in [-0.2, 0) is 0 Å². The number of rotatable bonds is 3. The number of hydrogen-bond acceptors (Lipinski definition) is 1. The van der Waals surface area contributed by atoms with E-state index >= 15 is 0 Å². The van der Waals surface area contributed by atoms with Crippen molar-refractivity contribution < 1.29 is 0 Å². The first-order valence-electron chi connectivity index (χ1n) is 4.70. The third-order valence-electron chi connectivity index (χ3n) is 2.34. The summed E-state index contributed by atoms with van der Waals surface area (Å²) in [5, 5.41) is 0.851. The molecule has 0 bridgehead atoms. The van der Waals surface area contributed by atoms with Crippen molar-refractivity contribution in [2.75, 3.05) is 18.0 Å². The Morgan fingerprint density at radius 1 is 1.23 bits per heavy atom. The van der Waals surface area contributed by atoms with Gasteiger partial charge >= 0.3 is 0 Å². The van der Waals surface area contributed by atoms with E-state index in [-0.39, 0.29) is 0 Å². The van der Waals surface area contributed by atoms with Gasteiger partial charge in [0.1, 0.15) is 0 Å². The molecule has 2 heteroatoms. The minimum absolute atomic E-state index is 0.851. The maximum atomic E-state index is 6.05. The molecule has 13 heavy (non-hydrogen) atoms. The van der Waals surface area contributed by atoms with Crippen molar-refractivity contribution in [2.45, 2.75) is 20.8 Å². The Morgan fingerprint density at radius 2 is 1.85 bits per heavy atom. The fourth-order valence-corrected chi connectivity index (χ4v) is 1.67. The van der Waals surface area contributed by atoms with Gasteiger partial charge in [0.15, 0.2) is 0 Å². The van der Waals surface area contributed by atoms with E-state index in [1.54, 1.807) is 0 Å². The molecule has 0 unspecified atom stereocenters. The number of anilines is 1. The number of benzene rings is 1. The predicted molar refractivity (Wildman–Crippen MR) is 59.8 cm³/mol. The molecule has 0 fully saturated rings. The summed E-state index contributed by atoms with van der Waals surface area (Å²) in [5.41, 5.74) is 2.42. The van der Waals surface area contributed by atoms with Gasteiger partial charge in [0.2, 0.25) is 0 Å². The van der Waals surface area contributed by atoms with Gasteiger partial charge in [0.05, 0.1) is 0 Å². The molecular formula is C11H16ClN. The predicted octanol–water partition coefficient (Wildman–Crippen LogP) is 3.49.